The number of methoxy groups -OCH3 is 1. The van der Waals surface area contributed by atoms with E-state index in [1.807, 2.05) is 24.3 Å². The maximum Gasteiger partial charge on any atom is 0.327 e. The van der Waals surface area contributed by atoms with Crippen molar-refractivity contribution >= 4 is 44.9 Å². The zero-order valence-electron chi connectivity index (χ0n) is 16.5. The normalized spacial score (nSPS) is 16.2. The summed E-state index contributed by atoms with van der Waals surface area (Å²) < 4.78 is 5.09. The Kier molecular flexibility index (Phi) is 5.99. The first kappa shape index (κ1) is 20.1. The van der Waals surface area contributed by atoms with Crippen molar-refractivity contribution in [3.63, 3.8) is 0 Å². The van der Waals surface area contributed by atoms with Gasteiger partial charge >= 0.3 is 5.97 Å². The van der Waals surface area contributed by atoms with Crippen LogP contribution in [0.2, 0.25) is 5.02 Å². The van der Waals surface area contributed by atoms with Gasteiger partial charge in [-0.05, 0) is 30.2 Å². The Bertz CT molecular complexity index is 1000. The predicted octanol–water partition coefficient (Wildman–Crippen LogP) is 3.94. The third kappa shape index (κ3) is 4.08. The summed E-state index contributed by atoms with van der Waals surface area (Å²) in [4.78, 5) is 28.3. The monoisotopic (exact) mass is 430 g/mol. The van der Waals surface area contributed by atoms with E-state index in [0.717, 1.165) is 54.2 Å². The lowest BCUT2D eigenvalue weighted by molar-refractivity contribution is -0.147. The lowest BCUT2D eigenvalue weighted by Gasteiger charge is -2.38. The molecule has 3 aromatic rings. The Balaban J connectivity index is 1.54. The van der Waals surface area contributed by atoms with E-state index in [0.29, 0.717) is 5.02 Å². The first-order chi connectivity index (χ1) is 14.1. The zero-order valence-corrected chi connectivity index (χ0v) is 18.0. The SMILES string of the molecule is CCc1cc2c(N3CCN(C(C(=O)OC)c4ccc(Cl)cc4)CC3)ncnc2s1. The second-order valence-corrected chi connectivity index (χ2v) is 8.53. The molecule has 0 spiro atoms. The topological polar surface area (TPSA) is 58.6 Å². The minimum atomic E-state index is -0.433. The Labute approximate surface area is 179 Å². The number of carbonyl (C=O) groups excluding carboxylic acids is 1. The van der Waals surface area contributed by atoms with Gasteiger partial charge in [0.1, 0.15) is 23.0 Å². The number of carbonyl (C=O) groups is 1. The molecule has 2 aromatic heterocycles. The number of rotatable bonds is 5. The number of benzene rings is 1. The van der Waals surface area contributed by atoms with Gasteiger partial charge in [0, 0.05) is 36.1 Å². The number of anilines is 1. The van der Waals surface area contributed by atoms with Crippen molar-refractivity contribution in [2.24, 2.45) is 0 Å². The van der Waals surface area contributed by atoms with Crippen molar-refractivity contribution in [2.45, 2.75) is 19.4 Å². The predicted molar refractivity (Wildman–Crippen MR) is 117 cm³/mol. The summed E-state index contributed by atoms with van der Waals surface area (Å²) in [6.45, 7) is 5.19. The molecule has 0 saturated carbocycles. The molecule has 29 heavy (non-hydrogen) atoms. The molecule has 8 heteroatoms. The van der Waals surface area contributed by atoms with Crippen LogP contribution in [0.3, 0.4) is 0 Å². The molecule has 1 fully saturated rings. The summed E-state index contributed by atoms with van der Waals surface area (Å²) in [5.41, 5.74) is 0.893. The van der Waals surface area contributed by atoms with Crippen molar-refractivity contribution in [3.8, 4) is 0 Å². The fourth-order valence-corrected chi connectivity index (χ4v) is 4.82. The van der Waals surface area contributed by atoms with Crippen LogP contribution >= 0.6 is 22.9 Å². The summed E-state index contributed by atoms with van der Waals surface area (Å²) in [7, 11) is 1.43. The van der Waals surface area contributed by atoms with Crippen molar-refractivity contribution in [3.05, 3.63) is 52.1 Å². The number of fused-ring (bicyclic) bond motifs is 1. The highest BCUT2D eigenvalue weighted by Crippen LogP contribution is 2.32. The lowest BCUT2D eigenvalue weighted by Crippen LogP contribution is -2.49. The molecule has 1 saturated heterocycles. The molecule has 1 aliphatic rings. The standard InChI is InChI=1S/C21H23ClN4O2S/c1-3-16-12-17-19(23-13-24-20(17)29-16)26-10-8-25(9-11-26)18(21(27)28-2)14-4-6-15(22)7-5-14/h4-7,12-13,18H,3,8-11H2,1-2H3. The molecular formula is C21H23ClN4O2S. The number of aryl methyl sites for hydroxylation is 1. The fourth-order valence-electron chi connectivity index (χ4n) is 3.76. The van der Waals surface area contributed by atoms with Crippen molar-refractivity contribution in [1.29, 1.82) is 0 Å². The van der Waals surface area contributed by atoms with E-state index in [9.17, 15) is 4.79 Å². The van der Waals surface area contributed by atoms with E-state index in [-0.39, 0.29) is 5.97 Å². The highest BCUT2D eigenvalue weighted by Gasteiger charge is 2.32. The highest BCUT2D eigenvalue weighted by molar-refractivity contribution is 7.18. The van der Waals surface area contributed by atoms with Crippen molar-refractivity contribution in [2.75, 3.05) is 38.2 Å². The molecule has 1 aliphatic heterocycles. The molecule has 0 N–H and O–H groups in total. The van der Waals surface area contributed by atoms with Crippen LogP contribution in [0.25, 0.3) is 10.2 Å². The number of hydrogen-bond acceptors (Lipinski definition) is 7. The Morgan fingerprint density at radius 3 is 2.59 bits per heavy atom. The van der Waals surface area contributed by atoms with Crippen LogP contribution in [0.5, 0.6) is 0 Å². The van der Waals surface area contributed by atoms with Crippen molar-refractivity contribution in [1.82, 2.24) is 14.9 Å². The second-order valence-electron chi connectivity index (χ2n) is 6.98. The van der Waals surface area contributed by atoms with Crippen LogP contribution in [0.1, 0.15) is 23.4 Å². The van der Waals surface area contributed by atoms with Gasteiger partial charge in [0.25, 0.3) is 0 Å². The van der Waals surface area contributed by atoms with Crippen LogP contribution in [0.15, 0.2) is 36.7 Å². The fraction of sp³-hybridized carbons (Fsp3) is 0.381. The second kappa shape index (κ2) is 8.65. The molecule has 1 atom stereocenters. The number of esters is 1. The van der Waals surface area contributed by atoms with E-state index in [4.69, 9.17) is 16.3 Å². The first-order valence-electron chi connectivity index (χ1n) is 9.66. The molecule has 1 aromatic carbocycles. The molecule has 0 radical (unpaired) electrons. The number of thiophene rings is 1. The van der Waals surface area contributed by atoms with Gasteiger partial charge in [0.15, 0.2) is 0 Å². The third-order valence-corrected chi connectivity index (χ3v) is 6.74. The number of hydrogen-bond donors (Lipinski definition) is 0. The van der Waals surface area contributed by atoms with Gasteiger partial charge in [-0.2, -0.15) is 0 Å². The number of ether oxygens (including phenoxy) is 1. The quantitative estimate of drug-likeness (QED) is 0.571. The summed E-state index contributed by atoms with van der Waals surface area (Å²) in [5.74, 6) is 0.724. The molecule has 152 valence electrons. The zero-order chi connectivity index (χ0) is 20.4. The van der Waals surface area contributed by atoms with Crippen LogP contribution in [0.4, 0.5) is 5.82 Å². The van der Waals surface area contributed by atoms with Gasteiger partial charge in [-0.1, -0.05) is 30.7 Å². The molecular weight excluding hydrogens is 408 g/mol. The van der Waals surface area contributed by atoms with Gasteiger partial charge < -0.3 is 9.64 Å². The van der Waals surface area contributed by atoms with E-state index in [1.165, 1.54) is 12.0 Å². The molecule has 6 nitrogen and oxygen atoms in total. The largest absolute Gasteiger partial charge is 0.468 e. The molecule has 0 amide bonds. The van der Waals surface area contributed by atoms with E-state index >= 15 is 0 Å². The van der Waals surface area contributed by atoms with Gasteiger partial charge in [-0.3, -0.25) is 4.90 Å². The minimum Gasteiger partial charge on any atom is -0.468 e. The van der Waals surface area contributed by atoms with Crippen LogP contribution < -0.4 is 4.90 Å². The number of halogens is 1. The van der Waals surface area contributed by atoms with Crippen LogP contribution in [-0.4, -0.2) is 54.1 Å². The van der Waals surface area contributed by atoms with Crippen molar-refractivity contribution < 1.29 is 9.53 Å². The van der Waals surface area contributed by atoms with Crippen LogP contribution in [0, 0.1) is 0 Å². The van der Waals surface area contributed by atoms with E-state index in [2.05, 4.69) is 32.8 Å². The highest BCUT2D eigenvalue weighted by atomic mass is 35.5. The Morgan fingerprint density at radius 2 is 1.93 bits per heavy atom. The lowest BCUT2D eigenvalue weighted by atomic mass is 10.0. The number of piperazine rings is 1. The van der Waals surface area contributed by atoms with Gasteiger partial charge in [0.05, 0.1) is 12.5 Å². The maximum absolute atomic E-state index is 12.5. The Morgan fingerprint density at radius 1 is 1.21 bits per heavy atom. The summed E-state index contributed by atoms with van der Waals surface area (Å²) in [5, 5.41) is 1.77. The maximum atomic E-state index is 12.5. The van der Waals surface area contributed by atoms with Gasteiger partial charge in [0.2, 0.25) is 0 Å². The molecule has 4 rings (SSSR count). The molecule has 3 heterocycles. The summed E-state index contributed by atoms with van der Waals surface area (Å²) in [6.07, 6.45) is 2.64. The van der Waals surface area contributed by atoms with E-state index < -0.39 is 6.04 Å². The molecule has 0 aliphatic carbocycles. The molecule has 0 bridgehead atoms. The van der Waals surface area contributed by atoms with E-state index in [1.54, 1.807) is 17.7 Å². The molecule has 1 unspecified atom stereocenters. The third-order valence-electron chi connectivity index (χ3n) is 5.30. The van der Waals surface area contributed by atoms with Gasteiger partial charge in [-0.15, -0.1) is 11.3 Å². The average Bonchev–Trinajstić information content (AvgIpc) is 3.19. The smallest absolute Gasteiger partial charge is 0.327 e. The minimum absolute atomic E-state index is 0.254. The number of aromatic nitrogens is 2. The summed E-state index contributed by atoms with van der Waals surface area (Å²) in [6, 6.07) is 9.17. The number of nitrogens with zero attached hydrogens (tertiary/aromatic N) is 4. The Hall–Kier alpha value is -2.22. The van der Waals surface area contributed by atoms with Gasteiger partial charge in [-0.25, -0.2) is 14.8 Å². The average molecular weight is 431 g/mol. The summed E-state index contributed by atoms with van der Waals surface area (Å²) >= 11 is 7.74. The van der Waals surface area contributed by atoms with Crippen LogP contribution in [-0.2, 0) is 16.0 Å². The first-order valence-corrected chi connectivity index (χ1v) is 10.9.